The number of hydrogen-bond donors (Lipinski definition) is 0. The van der Waals surface area contributed by atoms with Crippen molar-refractivity contribution in [3.05, 3.63) is 23.0 Å². The third-order valence-electron chi connectivity index (χ3n) is 2.47. The fourth-order valence-electron chi connectivity index (χ4n) is 2.18. The molecule has 0 bridgehead atoms. The molecule has 0 fully saturated rings. The molecule has 0 aromatic rings. The number of halogens is 1. The van der Waals surface area contributed by atoms with E-state index in [9.17, 15) is 4.39 Å². The van der Waals surface area contributed by atoms with Gasteiger partial charge in [0, 0.05) is 0 Å². The second kappa shape index (κ2) is 3.28. The van der Waals surface area contributed by atoms with Crippen LogP contribution in [0, 0.1) is 11.3 Å². The Labute approximate surface area is 80.5 Å². The molecule has 1 rings (SSSR count). The van der Waals surface area contributed by atoms with E-state index in [4.69, 9.17) is 0 Å². The van der Waals surface area contributed by atoms with Gasteiger partial charge in [-0.3, -0.25) is 0 Å². The summed E-state index contributed by atoms with van der Waals surface area (Å²) in [6, 6.07) is 0. The van der Waals surface area contributed by atoms with Crippen molar-refractivity contribution in [1.82, 2.24) is 0 Å². The first-order valence-electron chi connectivity index (χ1n) is 4.90. The summed E-state index contributed by atoms with van der Waals surface area (Å²) in [4.78, 5) is 0. The van der Waals surface area contributed by atoms with Crippen LogP contribution < -0.4 is 0 Å². The monoisotopic (exact) mass is 182 g/mol. The van der Waals surface area contributed by atoms with Crippen LogP contribution in [-0.2, 0) is 0 Å². The third kappa shape index (κ3) is 2.20. The van der Waals surface area contributed by atoms with E-state index < -0.39 is 0 Å². The molecule has 0 amide bonds. The van der Waals surface area contributed by atoms with Crippen LogP contribution in [0.25, 0.3) is 0 Å². The number of hydrogen-bond acceptors (Lipinski definition) is 0. The first-order chi connectivity index (χ1) is 5.82. The molecule has 0 aliphatic heterocycles. The second-order valence-corrected chi connectivity index (χ2v) is 5.10. The molecule has 1 atom stereocenters. The molecule has 1 heteroatoms. The Morgan fingerprint density at radius 2 is 1.92 bits per heavy atom. The first-order valence-corrected chi connectivity index (χ1v) is 4.90. The van der Waals surface area contributed by atoms with E-state index in [-0.39, 0.29) is 11.2 Å². The molecule has 13 heavy (non-hydrogen) atoms. The second-order valence-electron chi connectivity index (χ2n) is 5.10. The Morgan fingerprint density at radius 3 is 2.31 bits per heavy atom. The van der Waals surface area contributed by atoms with Crippen molar-refractivity contribution in [2.24, 2.45) is 11.3 Å². The van der Waals surface area contributed by atoms with E-state index >= 15 is 0 Å². The third-order valence-corrected chi connectivity index (χ3v) is 2.47. The maximum atomic E-state index is 13.6. The average Bonchev–Trinajstić information content (AvgIpc) is 1.78. The molecule has 0 saturated carbocycles. The fraction of sp³-hybridized carbons (Fsp3) is 0.667. The van der Waals surface area contributed by atoms with Gasteiger partial charge in [-0.1, -0.05) is 33.3 Å². The van der Waals surface area contributed by atoms with Gasteiger partial charge in [0.05, 0.1) is 0 Å². The van der Waals surface area contributed by atoms with Gasteiger partial charge < -0.3 is 0 Å². The molecule has 0 N–H and O–H groups in total. The van der Waals surface area contributed by atoms with Crippen molar-refractivity contribution in [1.29, 1.82) is 0 Å². The molecule has 0 heterocycles. The van der Waals surface area contributed by atoms with Gasteiger partial charge in [0.25, 0.3) is 0 Å². The van der Waals surface area contributed by atoms with Crippen molar-refractivity contribution in [3.63, 3.8) is 0 Å². The highest BCUT2D eigenvalue weighted by atomic mass is 19.1. The van der Waals surface area contributed by atoms with Gasteiger partial charge in [-0.15, -0.1) is 0 Å². The molecule has 74 valence electrons. The van der Waals surface area contributed by atoms with E-state index in [0.717, 1.165) is 12.0 Å². The Bertz CT molecular complexity index is 263. The van der Waals surface area contributed by atoms with Gasteiger partial charge in [0.2, 0.25) is 0 Å². The fourth-order valence-corrected chi connectivity index (χ4v) is 2.18. The van der Waals surface area contributed by atoms with Gasteiger partial charge in [-0.05, 0) is 36.3 Å². The van der Waals surface area contributed by atoms with E-state index in [1.54, 1.807) is 6.08 Å². The van der Waals surface area contributed by atoms with Crippen molar-refractivity contribution < 1.29 is 4.39 Å². The lowest BCUT2D eigenvalue weighted by Gasteiger charge is -2.28. The van der Waals surface area contributed by atoms with E-state index in [0.29, 0.717) is 5.92 Å². The zero-order chi connectivity index (χ0) is 10.2. The minimum atomic E-state index is -0.0647. The topological polar surface area (TPSA) is 0 Å². The summed E-state index contributed by atoms with van der Waals surface area (Å²) in [5, 5.41) is 0. The smallest absolute Gasteiger partial charge is 0.123 e. The van der Waals surface area contributed by atoms with Gasteiger partial charge >= 0.3 is 0 Å². The number of rotatable bonds is 0. The molecular formula is C12H19F. The lowest BCUT2D eigenvalue weighted by molar-refractivity contribution is 0.449. The largest absolute Gasteiger partial charge is 0.207 e. The van der Waals surface area contributed by atoms with Gasteiger partial charge in [-0.2, -0.15) is 0 Å². The van der Waals surface area contributed by atoms with E-state index in [1.807, 2.05) is 6.92 Å². The van der Waals surface area contributed by atoms with Crippen LogP contribution >= 0.6 is 0 Å². The highest BCUT2D eigenvalue weighted by Gasteiger charge is 2.26. The standard InChI is InChI=1S/C12H19F/c1-8-6-9(2)11(10(13)7-8)12(3,4)5/h7-8H,6H2,1-5H3. The molecule has 0 nitrogen and oxygen atoms in total. The van der Waals surface area contributed by atoms with Crippen LogP contribution in [0.1, 0.15) is 41.0 Å². The predicted molar refractivity (Wildman–Crippen MR) is 55.1 cm³/mol. The zero-order valence-corrected chi connectivity index (χ0v) is 9.24. The molecule has 1 aliphatic carbocycles. The van der Waals surface area contributed by atoms with Gasteiger partial charge in [0.1, 0.15) is 5.83 Å². The summed E-state index contributed by atoms with van der Waals surface area (Å²) < 4.78 is 13.6. The number of allylic oxidation sites excluding steroid dienone is 4. The van der Waals surface area contributed by atoms with Crippen LogP contribution in [0.15, 0.2) is 23.0 Å². The Balaban J connectivity index is 3.09. The maximum Gasteiger partial charge on any atom is 0.123 e. The van der Waals surface area contributed by atoms with E-state index in [2.05, 4.69) is 27.7 Å². The maximum absolute atomic E-state index is 13.6. The highest BCUT2D eigenvalue weighted by Crippen LogP contribution is 2.39. The predicted octanol–water partition coefficient (Wildman–Crippen LogP) is 4.24. The molecule has 0 aromatic heterocycles. The van der Waals surface area contributed by atoms with Crippen LogP contribution in [-0.4, -0.2) is 0 Å². The van der Waals surface area contributed by atoms with Crippen LogP contribution in [0.4, 0.5) is 4.39 Å². The van der Waals surface area contributed by atoms with E-state index in [1.165, 1.54) is 5.57 Å². The Morgan fingerprint density at radius 1 is 1.38 bits per heavy atom. The molecule has 1 aliphatic rings. The van der Waals surface area contributed by atoms with Crippen molar-refractivity contribution >= 4 is 0 Å². The Kier molecular flexibility index (Phi) is 2.65. The quantitative estimate of drug-likeness (QED) is 0.525. The van der Waals surface area contributed by atoms with Crippen LogP contribution in [0.5, 0.6) is 0 Å². The van der Waals surface area contributed by atoms with Crippen molar-refractivity contribution in [2.75, 3.05) is 0 Å². The molecule has 0 radical (unpaired) electrons. The zero-order valence-electron chi connectivity index (χ0n) is 9.24. The Hall–Kier alpha value is -0.590. The molecular weight excluding hydrogens is 163 g/mol. The lowest BCUT2D eigenvalue weighted by Crippen LogP contribution is -2.16. The summed E-state index contributed by atoms with van der Waals surface area (Å²) in [6.45, 7) is 10.3. The van der Waals surface area contributed by atoms with Crippen molar-refractivity contribution in [2.45, 2.75) is 41.0 Å². The minimum absolute atomic E-state index is 0.0104. The van der Waals surface area contributed by atoms with Crippen LogP contribution in [0.2, 0.25) is 0 Å². The summed E-state index contributed by atoms with van der Waals surface area (Å²) >= 11 is 0. The first kappa shape index (κ1) is 10.5. The average molecular weight is 182 g/mol. The summed E-state index contributed by atoms with van der Waals surface area (Å²) in [5.74, 6) is 0.342. The molecule has 0 saturated heterocycles. The summed E-state index contributed by atoms with van der Waals surface area (Å²) in [5.41, 5.74) is 2.05. The normalized spacial score (nSPS) is 24.8. The summed E-state index contributed by atoms with van der Waals surface area (Å²) in [6.07, 6.45) is 2.74. The molecule has 0 aromatic carbocycles. The van der Waals surface area contributed by atoms with Gasteiger partial charge in [-0.25, -0.2) is 4.39 Å². The SMILES string of the molecule is CC1=C(C(C)(C)C)C(F)=CC(C)C1. The molecule has 1 unspecified atom stereocenters. The summed E-state index contributed by atoms with van der Waals surface area (Å²) in [7, 11) is 0. The lowest BCUT2D eigenvalue weighted by atomic mass is 9.77. The van der Waals surface area contributed by atoms with Gasteiger partial charge in [0.15, 0.2) is 0 Å². The highest BCUT2D eigenvalue weighted by molar-refractivity contribution is 5.38. The van der Waals surface area contributed by atoms with Crippen molar-refractivity contribution in [3.8, 4) is 0 Å². The van der Waals surface area contributed by atoms with Crippen LogP contribution in [0.3, 0.4) is 0 Å². The molecule has 0 spiro atoms. The minimum Gasteiger partial charge on any atom is -0.207 e.